The van der Waals surface area contributed by atoms with Gasteiger partial charge in [0.2, 0.25) is 5.67 Å². The number of carbonyl (C=O) groups is 2. The van der Waals surface area contributed by atoms with E-state index in [4.69, 9.17) is 5.11 Å². The molecule has 62 valence electrons. The minimum Gasteiger partial charge on any atom is -0.465 e. The monoisotopic (exact) mass is 162 g/mol. The van der Waals surface area contributed by atoms with Crippen LogP contribution in [-0.2, 0) is 4.79 Å². The highest BCUT2D eigenvalue weighted by Crippen LogP contribution is 2.24. The predicted octanol–water partition coefficient (Wildman–Crippen LogP) is -0.826. The molecule has 0 aliphatic carbocycles. The van der Waals surface area contributed by atoms with Crippen molar-refractivity contribution >= 4 is 12.0 Å². The van der Waals surface area contributed by atoms with Crippen LogP contribution in [0.4, 0.5) is 9.18 Å². The van der Waals surface area contributed by atoms with Crippen molar-refractivity contribution in [1.29, 1.82) is 0 Å². The third kappa shape index (κ3) is 1.11. The number of likely N-dealkylation sites (tertiary alicyclic amines) is 1. The average molecular weight is 162 g/mol. The molecule has 0 atom stereocenters. The van der Waals surface area contributed by atoms with E-state index in [0.29, 0.717) is 0 Å². The van der Waals surface area contributed by atoms with Crippen molar-refractivity contribution in [3.05, 3.63) is 0 Å². The van der Waals surface area contributed by atoms with Gasteiger partial charge in [0, 0.05) is 0 Å². The lowest BCUT2D eigenvalue weighted by atomic mass is 9.96. The highest BCUT2D eigenvalue weighted by molar-refractivity contribution is 5.87. The summed E-state index contributed by atoms with van der Waals surface area (Å²) in [5.74, 6) is -1.10. The first-order valence-electron chi connectivity index (χ1n) is 2.92. The highest BCUT2D eigenvalue weighted by Gasteiger charge is 2.50. The summed E-state index contributed by atoms with van der Waals surface area (Å²) in [6.07, 6.45) is -1.24. The quantitative estimate of drug-likeness (QED) is 0.528. The molecule has 0 radical (unpaired) electrons. The molecule has 1 saturated heterocycles. The Morgan fingerprint density at radius 3 is 2.27 bits per heavy atom. The van der Waals surface area contributed by atoms with E-state index in [2.05, 4.69) is 5.73 Å². The summed E-state index contributed by atoms with van der Waals surface area (Å²) in [6, 6.07) is 0. The summed E-state index contributed by atoms with van der Waals surface area (Å²) in [7, 11) is 0. The maximum absolute atomic E-state index is 12.9. The van der Waals surface area contributed by atoms with E-state index in [1.807, 2.05) is 0 Å². The van der Waals surface area contributed by atoms with E-state index >= 15 is 0 Å². The summed E-state index contributed by atoms with van der Waals surface area (Å²) in [5.41, 5.74) is 2.52. The van der Waals surface area contributed by atoms with Gasteiger partial charge in [0.05, 0.1) is 13.1 Å². The number of primary amides is 1. The number of hydrogen-bond donors (Lipinski definition) is 2. The standard InChI is InChI=1S/C5H7FN2O3/c6-5(3(7)9)1-8(2-5)4(10)11/h1-2H2,(H2,7,9)(H,10,11). The van der Waals surface area contributed by atoms with Gasteiger partial charge >= 0.3 is 6.09 Å². The Kier molecular flexibility index (Phi) is 1.47. The normalized spacial score (nSPS) is 20.6. The van der Waals surface area contributed by atoms with Gasteiger partial charge in [-0.05, 0) is 0 Å². The third-order valence-electron chi connectivity index (χ3n) is 1.60. The summed E-state index contributed by atoms with van der Waals surface area (Å²) >= 11 is 0. The Labute approximate surface area is 61.6 Å². The second-order valence-corrected chi connectivity index (χ2v) is 2.47. The Hall–Kier alpha value is -1.33. The predicted molar refractivity (Wildman–Crippen MR) is 32.6 cm³/mol. The second kappa shape index (κ2) is 2.08. The van der Waals surface area contributed by atoms with E-state index in [1.54, 1.807) is 0 Å². The van der Waals surface area contributed by atoms with E-state index < -0.39 is 30.8 Å². The van der Waals surface area contributed by atoms with E-state index in [9.17, 15) is 14.0 Å². The SMILES string of the molecule is NC(=O)C1(F)CN(C(=O)O)C1. The maximum atomic E-state index is 12.9. The molecule has 0 aromatic rings. The molecule has 0 aromatic heterocycles. The second-order valence-electron chi connectivity index (χ2n) is 2.47. The number of rotatable bonds is 1. The zero-order valence-corrected chi connectivity index (χ0v) is 5.58. The fourth-order valence-corrected chi connectivity index (χ4v) is 0.850. The number of carboxylic acid groups (broad SMARTS) is 1. The largest absolute Gasteiger partial charge is 0.465 e. The Balaban J connectivity index is 2.50. The van der Waals surface area contributed by atoms with Crippen molar-refractivity contribution in [2.75, 3.05) is 13.1 Å². The van der Waals surface area contributed by atoms with E-state index in [0.717, 1.165) is 4.90 Å². The van der Waals surface area contributed by atoms with Crippen molar-refractivity contribution < 1.29 is 19.1 Å². The van der Waals surface area contributed by atoms with Gasteiger partial charge in [-0.25, -0.2) is 9.18 Å². The zero-order valence-electron chi connectivity index (χ0n) is 5.58. The van der Waals surface area contributed by atoms with Gasteiger partial charge in [-0.1, -0.05) is 0 Å². The summed E-state index contributed by atoms with van der Waals surface area (Å²) < 4.78 is 12.9. The van der Waals surface area contributed by atoms with Gasteiger partial charge in [-0.2, -0.15) is 0 Å². The molecule has 0 spiro atoms. The molecule has 1 heterocycles. The number of carbonyl (C=O) groups excluding carboxylic acids is 1. The maximum Gasteiger partial charge on any atom is 0.407 e. The first-order chi connectivity index (χ1) is 4.96. The third-order valence-corrected chi connectivity index (χ3v) is 1.60. The molecule has 1 rings (SSSR count). The van der Waals surface area contributed by atoms with Gasteiger partial charge in [0.25, 0.3) is 5.91 Å². The van der Waals surface area contributed by atoms with Gasteiger partial charge < -0.3 is 15.7 Å². The lowest BCUT2D eigenvalue weighted by Gasteiger charge is -2.39. The van der Waals surface area contributed by atoms with Crippen molar-refractivity contribution in [3.63, 3.8) is 0 Å². The van der Waals surface area contributed by atoms with E-state index in [-0.39, 0.29) is 0 Å². The molecule has 0 unspecified atom stereocenters. The Bertz CT molecular complexity index is 212. The smallest absolute Gasteiger partial charge is 0.407 e. The summed E-state index contributed by atoms with van der Waals surface area (Å²) in [4.78, 5) is 21.2. The van der Waals surface area contributed by atoms with Gasteiger partial charge in [-0.3, -0.25) is 4.79 Å². The first-order valence-corrected chi connectivity index (χ1v) is 2.92. The van der Waals surface area contributed by atoms with Crippen LogP contribution in [0.5, 0.6) is 0 Å². The number of nitrogens with zero attached hydrogens (tertiary/aromatic N) is 1. The summed E-state index contributed by atoms with van der Waals surface area (Å²) in [6.45, 7) is -0.894. The molecule has 2 amide bonds. The Morgan fingerprint density at radius 1 is 1.55 bits per heavy atom. The van der Waals surface area contributed by atoms with Gasteiger partial charge in [0.1, 0.15) is 0 Å². The highest BCUT2D eigenvalue weighted by atomic mass is 19.1. The fraction of sp³-hybridized carbons (Fsp3) is 0.600. The molecule has 0 bridgehead atoms. The molecule has 1 fully saturated rings. The van der Waals surface area contributed by atoms with Crippen molar-refractivity contribution in [3.8, 4) is 0 Å². The molecule has 11 heavy (non-hydrogen) atoms. The number of amides is 2. The van der Waals surface area contributed by atoms with Crippen LogP contribution in [0.2, 0.25) is 0 Å². The molecule has 0 aromatic carbocycles. The number of hydrogen-bond acceptors (Lipinski definition) is 2. The van der Waals surface area contributed by atoms with Crippen LogP contribution in [0.3, 0.4) is 0 Å². The van der Waals surface area contributed by atoms with Crippen LogP contribution in [0.15, 0.2) is 0 Å². The molecule has 1 aliphatic rings. The van der Waals surface area contributed by atoms with Crippen LogP contribution < -0.4 is 5.73 Å². The molecule has 5 nitrogen and oxygen atoms in total. The van der Waals surface area contributed by atoms with Crippen molar-refractivity contribution in [2.24, 2.45) is 5.73 Å². The molecular formula is C5H7FN2O3. The van der Waals surface area contributed by atoms with E-state index in [1.165, 1.54) is 0 Å². The summed E-state index contributed by atoms with van der Waals surface area (Å²) in [5, 5.41) is 8.25. The van der Waals surface area contributed by atoms with Crippen LogP contribution in [0.25, 0.3) is 0 Å². The molecule has 1 aliphatic heterocycles. The van der Waals surface area contributed by atoms with Crippen LogP contribution >= 0.6 is 0 Å². The zero-order chi connectivity index (χ0) is 8.65. The van der Waals surface area contributed by atoms with Crippen LogP contribution in [0, 0.1) is 0 Å². The molecule has 0 saturated carbocycles. The topological polar surface area (TPSA) is 83.6 Å². The lowest BCUT2D eigenvalue weighted by molar-refractivity contribution is -0.139. The number of halogens is 1. The molecule has 6 heteroatoms. The van der Waals surface area contributed by atoms with Gasteiger partial charge in [-0.15, -0.1) is 0 Å². The number of nitrogens with two attached hydrogens (primary N) is 1. The minimum atomic E-state index is -2.14. The average Bonchev–Trinajstić information content (AvgIpc) is 1.79. The lowest BCUT2D eigenvalue weighted by Crippen LogP contribution is -2.66. The molecule has 3 N–H and O–H groups in total. The van der Waals surface area contributed by atoms with Crippen LogP contribution in [0.1, 0.15) is 0 Å². The Morgan fingerprint density at radius 2 is 2.00 bits per heavy atom. The first kappa shape index (κ1) is 7.77. The van der Waals surface area contributed by atoms with Crippen LogP contribution in [-0.4, -0.2) is 40.8 Å². The fourth-order valence-electron chi connectivity index (χ4n) is 0.850. The number of alkyl halides is 1. The van der Waals surface area contributed by atoms with Crippen molar-refractivity contribution in [2.45, 2.75) is 5.67 Å². The molecular weight excluding hydrogens is 155 g/mol. The minimum absolute atomic E-state index is 0.447. The van der Waals surface area contributed by atoms with Crippen molar-refractivity contribution in [1.82, 2.24) is 4.90 Å². The van der Waals surface area contributed by atoms with Gasteiger partial charge in [0.15, 0.2) is 0 Å².